The van der Waals surface area contributed by atoms with Crippen molar-refractivity contribution >= 4 is 11.3 Å². The van der Waals surface area contributed by atoms with Crippen LogP contribution in [0.25, 0.3) is 0 Å². The van der Waals surface area contributed by atoms with Crippen molar-refractivity contribution in [3.8, 4) is 0 Å². The zero-order valence-electron chi connectivity index (χ0n) is 9.75. The van der Waals surface area contributed by atoms with E-state index in [-0.39, 0.29) is 0 Å². The van der Waals surface area contributed by atoms with E-state index in [0.29, 0.717) is 5.92 Å². The Balaban J connectivity index is 1.61. The van der Waals surface area contributed by atoms with Crippen molar-refractivity contribution in [1.82, 2.24) is 9.88 Å². The second kappa shape index (κ2) is 4.98. The van der Waals surface area contributed by atoms with Crippen LogP contribution in [-0.4, -0.2) is 23.0 Å². The third kappa shape index (κ3) is 2.56. The van der Waals surface area contributed by atoms with Crippen LogP contribution >= 0.6 is 11.3 Å². The van der Waals surface area contributed by atoms with Gasteiger partial charge in [-0.25, -0.2) is 4.98 Å². The van der Waals surface area contributed by atoms with Gasteiger partial charge in [-0.05, 0) is 18.5 Å². The molecule has 2 aromatic rings. The molecular formula is C14H16N2S. The molecule has 0 radical (unpaired) electrons. The standard InChI is InChI=1S/C14H16N2S/c1-2-4-12(5-3-1)10-16-8-6-13(11-16)14-15-7-9-17-14/h1-5,7,9,13H,6,8,10-11H2. The lowest BCUT2D eigenvalue weighted by Gasteiger charge is -2.15. The Morgan fingerprint density at radius 1 is 1.29 bits per heavy atom. The van der Waals surface area contributed by atoms with E-state index in [2.05, 4.69) is 45.6 Å². The highest BCUT2D eigenvalue weighted by molar-refractivity contribution is 7.09. The summed E-state index contributed by atoms with van der Waals surface area (Å²) >= 11 is 1.79. The molecule has 1 aromatic heterocycles. The lowest BCUT2D eigenvalue weighted by molar-refractivity contribution is 0.327. The van der Waals surface area contributed by atoms with Crippen molar-refractivity contribution in [2.24, 2.45) is 0 Å². The molecule has 0 N–H and O–H groups in total. The Bertz CT molecular complexity index is 452. The van der Waals surface area contributed by atoms with Crippen LogP contribution in [0.3, 0.4) is 0 Å². The van der Waals surface area contributed by atoms with Crippen LogP contribution in [-0.2, 0) is 6.54 Å². The molecule has 0 spiro atoms. The summed E-state index contributed by atoms with van der Waals surface area (Å²) < 4.78 is 0. The first kappa shape index (κ1) is 10.9. The van der Waals surface area contributed by atoms with E-state index in [1.54, 1.807) is 11.3 Å². The predicted molar refractivity (Wildman–Crippen MR) is 71.2 cm³/mol. The van der Waals surface area contributed by atoms with Crippen molar-refractivity contribution in [2.45, 2.75) is 18.9 Å². The minimum absolute atomic E-state index is 0.652. The lowest BCUT2D eigenvalue weighted by Crippen LogP contribution is -2.19. The molecular weight excluding hydrogens is 228 g/mol. The summed E-state index contributed by atoms with van der Waals surface area (Å²) in [4.78, 5) is 6.96. The first-order valence-corrected chi connectivity index (χ1v) is 6.95. The highest BCUT2D eigenvalue weighted by atomic mass is 32.1. The van der Waals surface area contributed by atoms with Gasteiger partial charge in [0.25, 0.3) is 0 Å². The molecule has 3 rings (SSSR count). The monoisotopic (exact) mass is 244 g/mol. The molecule has 0 amide bonds. The average molecular weight is 244 g/mol. The van der Waals surface area contributed by atoms with Crippen LogP contribution in [0.2, 0.25) is 0 Å². The molecule has 0 aliphatic carbocycles. The molecule has 1 aliphatic rings. The second-order valence-corrected chi connectivity index (χ2v) is 5.50. The Morgan fingerprint density at radius 3 is 2.94 bits per heavy atom. The van der Waals surface area contributed by atoms with Gasteiger partial charge >= 0.3 is 0 Å². The number of rotatable bonds is 3. The summed E-state index contributed by atoms with van der Waals surface area (Å²) in [5.41, 5.74) is 1.41. The quantitative estimate of drug-likeness (QED) is 0.824. The molecule has 0 bridgehead atoms. The topological polar surface area (TPSA) is 16.1 Å². The van der Waals surface area contributed by atoms with Crippen LogP contribution in [0.1, 0.15) is 22.9 Å². The number of hydrogen-bond donors (Lipinski definition) is 0. The van der Waals surface area contributed by atoms with E-state index in [1.165, 1.54) is 23.5 Å². The molecule has 1 aliphatic heterocycles. The predicted octanol–water partition coefficient (Wildman–Crippen LogP) is 3.13. The highest BCUT2D eigenvalue weighted by Crippen LogP contribution is 2.29. The summed E-state index contributed by atoms with van der Waals surface area (Å²) in [6.45, 7) is 3.42. The average Bonchev–Trinajstić information content (AvgIpc) is 3.00. The number of aromatic nitrogens is 1. The van der Waals surface area contributed by atoms with Crippen LogP contribution in [0.4, 0.5) is 0 Å². The first-order chi connectivity index (χ1) is 8.42. The summed E-state index contributed by atoms with van der Waals surface area (Å²) in [5, 5.41) is 3.38. The van der Waals surface area contributed by atoms with Gasteiger partial charge in [0.15, 0.2) is 0 Å². The van der Waals surface area contributed by atoms with Crippen LogP contribution in [0.15, 0.2) is 41.9 Å². The molecule has 3 heteroatoms. The fraction of sp³-hybridized carbons (Fsp3) is 0.357. The van der Waals surface area contributed by atoms with Crippen molar-refractivity contribution in [2.75, 3.05) is 13.1 Å². The van der Waals surface area contributed by atoms with E-state index < -0.39 is 0 Å². The maximum atomic E-state index is 4.43. The number of likely N-dealkylation sites (tertiary alicyclic amines) is 1. The number of thiazole rings is 1. The molecule has 2 nitrogen and oxygen atoms in total. The Hall–Kier alpha value is -1.19. The van der Waals surface area contributed by atoms with Gasteiger partial charge in [0, 0.05) is 30.6 Å². The Kier molecular flexibility index (Phi) is 3.20. The van der Waals surface area contributed by atoms with E-state index in [9.17, 15) is 0 Å². The fourth-order valence-corrected chi connectivity index (χ4v) is 3.22. The number of nitrogens with zero attached hydrogens (tertiary/aromatic N) is 2. The van der Waals surface area contributed by atoms with E-state index >= 15 is 0 Å². The van der Waals surface area contributed by atoms with Gasteiger partial charge in [0.05, 0.1) is 5.01 Å². The molecule has 88 valence electrons. The minimum atomic E-state index is 0.652. The number of benzene rings is 1. The zero-order valence-corrected chi connectivity index (χ0v) is 10.6. The van der Waals surface area contributed by atoms with Gasteiger partial charge in [0.2, 0.25) is 0 Å². The SMILES string of the molecule is c1ccc(CN2CCC(c3nccs3)C2)cc1. The van der Waals surface area contributed by atoms with Gasteiger partial charge in [0.1, 0.15) is 0 Å². The van der Waals surface area contributed by atoms with Crippen LogP contribution < -0.4 is 0 Å². The van der Waals surface area contributed by atoms with Gasteiger partial charge in [-0.2, -0.15) is 0 Å². The normalized spacial score (nSPS) is 20.8. The van der Waals surface area contributed by atoms with Gasteiger partial charge in [-0.3, -0.25) is 4.90 Å². The smallest absolute Gasteiger partial charge is 0.0969 e. The van der Waals surface area contributed by atoms with Crippen LogP contribution in [0.5, 0.6) is 0 Å². The second-order valence-electron chi connectivity index (χ2n) is 4.58. The minimum Gasteiger partial charge on any atom is -0.298 e. The maximum absolute atomic E-state index is 4.43. The molecule has 1 saturated heterocycles. The van der Waals surface area contributed by atoms with E-state index in [0.717, 1.165) is 13.1 Å². The van der Waals surface area contributed by atoms with E-state index in [1.807, 2.05) is 6.20 Å². The largest absolute Gasteiger partial charge is 0.298 e. The third-order valence-electron chi connectivity index (χ3n) is 3.32. The molecule has 0 saturated carbocycles. The molecule has 1 unspecified atom stereocenters. The van der Waals surface area contributed by atoms with Gasteiger partial charge in [-0.15, -0.1) is 11.3 Å². The number of hydrogen-bond acceptors (Lipinski definition) is 3. The third-order valence-corrected chi connectivity index (χ3v) is 4.26. The zero-order chi connectivity index (χ0) is 11.5. The van der Waals surface area contributed by atoms with Crippen molar-refractivity contribution in [3.05, 3.63) is 52.5 Å². The fourth-order valence-electron chi connectivity index (χ4n) is 2.46. The van der Waals surface area contributed by atoms with Crippen molar-refractivity contribution in [3.63, 3.8) is 0 Å². The maximum Gasteiger partial charge on any atom is 0.0969 e. The molecule has 1 aromatic carbocycles. The van der Waals surface area contributed by atoms with Gasteiger partial charge in [-0.1, -0.05) is 30.3 Å². The van der Waals surface area contributed by atoms with Crippen molar-refractivity contribution in [1.29, 1.82) is 0 Å². The summed E-state index contributed by atoms with van der Waals surface area (Å²) in [6.07, 6.45) is 3.17. The molecule has 1 fully saturated rings. The summed E-state index contributed by atoms with van der Waals surface area (Å²) in [6, 6.07) is 10.7. The van der Waals surface area contributed by atoms with Crippen molar-refractivity contribution < 1.29 is 0 Å². The highest BCUT2D eigenvalue weighted by Gasteiger charge is 2.25. The Labute approximate surface area is 106 Å². The molecule has 1 atom stereocenters. The van der Waals surface area contributed by atoms with E-state index in [4.69, 9.17) is 0 Å². The van der Waals surface area contributed by atoms with Gasteiger partial charge < -0.3 is 0 Å². The first-order valence-electron chi connectivity index (χ1n) is 6.07. The molecule has 2 heterocycles. The Morgan fingerprint density at radius 2 is 2.18 bits per heavy atom. The molecule has 17 heavy (non-hydrogen) atoms. The lowest BCUT2D eigenvalue weighted by atomic mass is 10.1. The summed E-state index contributed by atoms with van der Waals surface area (Å²) in [5.74, 6) is 0.652. The van der Waals surface area contributed by atoms with Crippen LogP contribution in [0, 0.1) is 0 Å². The summed E-state index contributed by atoms with van der Waals surface area (Å²) in [7, 11) is 0.